The van der Waals surface area contributed by atoms with Crippen LogP contribution in [0.15, 0.2) is 54.9 Å². The summed E-state index contributed by atoms with van der Waals surface area (Å²) in [6.45, 7) is 0. The lowest BCUT2D eigenvalue weighted by atomic mass is 10.1. The average Bonchev–Trinajstić information content (AvgIpc) is 2.98. The van der Waals surface area contributed by atoms with Gasteiger partial charge in [0.2, 0.25) is 0 Å². The van der Waals surface area contributed by atoms with Crippen molar-refractivity contribution in [2.75, 3.05) is 0 Å². The molecular weight excluding hydrogens is 210 g/mol. The number of aryl methyl sites for hydroxylation is 1. The molecule has 3 rings (SSSR count). The molecule has 0 saturated heterocycles. The molecule has 0 atom stereocenters. The number of rotatable bonds is 2. The number of nitrogens with one attached hydrogen (secondary N) is 1. The molecule has 0 saturated carbocycles. The zero-order valence-electron chi connectivity index (χ0n) is 9.59. The van der Waals surface area contributed by atoms with Crippen LogP contribution in [0, 0.1) is 0 Å². The number of hydrogen-bond donors (Lipinski definition) is 1. The van der Waals surface area contributed by atoms with Crippen LogP contribution in [0.5, 0.6) is 0 Å². The third-order valence-electron chi connectivity index (χ3n) is 2.80. The molecule has 3 heteroatoms. The summed E-state index contributed by atoms with van der Waals surface area (Å²) in [5.41, 5.74) is 4.42. The van der Waals surface area contributed by atoms with Crippen LogP contribution in [0.4, 0.5) is 0 Å². The van der Waals surface area contributed by atoms with Crippen LogP contribution in [0.3, 0.4) is 0 Å². The normalized spacial score (nSPS) is 10.6. The largest absolute Gasteiger partial charge is 0.359 e. The van der Waals surface area contributed by atoms with Crippen molar-refractivity contribution in [2.45, 2.75) is 0 Å². The van der Waals surface area contributed by atoms with Crippen LogP contribution in [-0.2, 0) is 7.05 Å². The summed E-state index contributed by atoms with van der Waals surface area (Å²) in [6, 6.07) is 14.4. The second-order valence-electron chi connectivity index (χ2n) is 4.01. The maximum absolute atomic E-state index is 4.42. The van der Waals surface area contributed by atoms with Gasteiger partial charge < -0.3 is 4.98 Å². The number of nitrogens with zero attached hydrogens (tertiary/aromatic N) is 2. The minimum atomic E-state index is 0.969. The monoisotopic (exact) mass is 223 g/mol. The van der Waals surface area contributed by atoms with E-state index >= 15 is 0 Å². The second-order valence-corrected chi connectivity index (χ2v) is 4.01. The maximum Gasteiger partial charge on any atom is 0.109 e. The fraction of sp³-hybridized carbons (Fsp3) is 0.0714. The van der Waals surface area contributed by atoms with Crippen molar-refractivity contribution < 1.29 is 0 Å². The van der Waals surface area contributed by atoms with Gasteiger partial charge in [-0.05, 0) is 17.7 Å². The van der Waals surface area contributed by atoms with Gasteiger partial charge in [0, 0.05) is 25.0 Å². The Morgan fingerprint density at radius 3 is 2.59 bits per heavy atom. The van der Waals surface area contributed by atoms with Crippen LogP contribution in [0.25, 0.3) is 22.5 Å². The molecule has 0 spiro atoms. The Kier molecular flexibility index (Phi) is 2.29. The second kappa shape index (κ2) is 3.94. The van der Waals surface area contributed by atoms with E-state index in [0.29, 0.717) is 0 Å². The summed E-state index contributed by atoms with van der Waals surface area (Å²) < 4.78 is 1.81. The number of benzene rings is 1. The number of H-pyrrole nitrogens is 1. The SMILES string of the molecule is Cn1ccc(-c2[nH]ccc2-c2ccccc2)n1. The van der Waals surface area contributed by atoms with E-state index in [4.69, 9.17) is 0 Å². The van der Waals surface area contributed by atoms with Crippen molar-refractivity contribution in [1.82, 2.24) is 14.8 Å². The Labute approximate surface area is 99.7 Å². The van der Waals surface area contributed by atoms with Crippen molar-refractivity contribution in [3.63, 3.8) is 0 Å². The van der Waals surface area contributed by atoms with E-state index in [2.05, 4.69) is 28.3 Å². The van der Waals surface area contributed by atoms with Crippen molar-refractivity contribution in [3.8, 4) is 22.5 Å². The summed E-state index contributed by atoms with van der Waals surface area (Å²) >= 11 is 0. The molecule has 0 unspecified atom stereocenters. The maximum atomic E-state index is 4.42. The molecule has 0 bridgehead atoms. The molecule has 84 valence electrons. The van der Waals surface area contributed by atoms with Gasteiger partial charge in [0.25, 0.3) is 0 Å². The molecular formula is C14H13N3. The van der Waals surface area contributed by atoms with Gasteiger partial charge in [0.1, 0.15) is 5.69 Å². The summed E-state index contributed by atoms with van der Waals surface area (Å²) in [6.07, 6.45) is 3.90. The standard InChI is InChI=1S/C14H13N3/c1-17-10-8-13(16-17)14-12(7-9-15-14)11-5-3-2-4-6-11/h2-10,15H,1H3. The Morgan fingerprint density at radius 2 is 1.88 bits per heavy atom. The third-order valence-corrected chi connectivity index (χ3v) is 2.80. The molecule has 17 heavy (non-hydrogen) atoms. The van der Waals surface area contributed by atoms with Gasteiger partial charge in [-0.25, -0.2) is 0 Å². The Hall–Kier alpha value is -2.29. The predicted octanol–water partition coefficient (Wildman–Crippen LogP) is 3.08. The van der Waals surface area contributed by atoms with E-state index < -0.39 is 0 Å². The lowest BCUT2D eigenvalue weighted by molar-refractivity contribution is 0.770. The Morgan fingerprint density at radius 1 is 1.06 bits per heavy atom. The number of aromatic nitrogens is 3. The van der Waals surface area contributed by atoms with Crippen LogP contribution in [-0.4, -0.2) is 14.8 Å². The smallest absolute Gasteiger partial charge is 0.109 e. The van der Waals surface area contributed by atoms with Gasteiger partial charge in [0.15, 0.2) is 0 Å². The van der Waals surface area contributed by atoms with E-state index in [-0.39, 0.29) is 0 Å². The van der Waals surface area contributed by atoms with Gasteiger partial charge in [-0.15, -0.1) is 0 Å². The van der Waals surface area contributed by atoms with Gasteiger partial charge in [-0.2, -0.15) is 5.10 Å². The van der Waals surface area contributed by atoms with Crippen molar-refractivity contribution in [1.29, 1.82) is 0 Å². The van der Waals surface area contributed by atoms with Gasteiger partial charge in [0.05, 0.1) is 5.69 Å². The molecule has 2 aromatic heterocycles. The summed E-state index contributed by atoms with van der Waals surface area (Å²) in [5, 5.41) is 4.42. The Balaban J connectivity index is 2.12. The highest BCUT2D eigenvalue weighted by Crippen LogP contribution is 2.29. The fourth-order valence-corrected chi connectivity index (χ4v) is 1.99. The van der Waals surface area contributed by atoms with Crippen molar-refractivity contribution in [2.24, 2.45) is 7.05 Å². The first-order valence-electron chi connectivity index (χ1n) is 5.57. The zero-order chi connectivity index (χ0) is 11.7. The molecule has 0 aliphatic heterocycles. The molecule has 0 aliphatic rings. The van der Waals surface area contributed by atoms with E-state index in [1.807, 2.05) is 48.4 Å². The highest BCUT2D eigenvalue weighted by atomic mass is 15.2. The van der Waals surface area contributed by atoms with Crippen molar-refractivity contribution >= 4 is 0 Å². The number of aromatic amines is 1. The van der Waals surface area contributed by atoms with E-state index in [9.17, 15) is 0 Å². The molecule has 1 N–H and O–H groups in total. The fourth-order valence-electron chi connectivity index (χ4n) is 1.99. The quantitative estimate of drug-likeness (QED) is 0.711. The molecule has 1 aromatic carbocycles. The predicted molar refractivity (Wildman–Crippen MR) is 68.4 cm³/mol. The van der Waals surface area contributed by atoms with Crippen LogP contribution in [0.2, 0.25) is 0 Å². The molecule has 0 fully saturated rings. The summed E-state index contributed by atoms with van der Waals surface area (Å²) in [5.74, 6) is 0. The molecule has 3 nitrogen and oxygen atoms in total. The highest BCUT2D eigenvalue weighted by molar-refractivity contribution is 5.79. The van der Waals surface area contributed by atoms with Crippen LogP contribution in [0.1, 0.15) is 0 Å². The first-order chi connectivity index (χ1) is 8.34. The summed E-state index contributed by atoms with van der Waals surface area (Å²) in [4.78, 5) is 3.26. The first kappa shape index (κ1) is 9.90. The van der Waals surface area contributed by atoms with Gasteiger partial charge >= 0.3 is 0 Å². The average molecular weight is 223 g/mol. The zero-order valence-corrected chi connectivity index (χ0v) is 9.59. The summed E-state index contributed by atoms with van der Waals surface area (Å²) in [7, 11) is 1.93. The molecule has 0 aliphatic carbocycles. The van der Waals surface area contributed by atoms with E-state index in [1.54, 1.807) is 0 Å². The minimum Gasteiger partial charge on any atom is -0.359 e. The minimum absolute atomic E-state index is 0.969. The first-order valence-corrected chi connectivity index (χ1v) is 5.57. The molecule has 3 aromatic rings. The Bertz CT molecular complexity index is 620. The van der Waals surface area contributed by atoms with Crippen LogP contribution >= 0.6 is 0 Å². The lowest BCUT2D eigenvalue weighted by Gasteiger charge is -2.01. The lowest BCUT2D eigenvalue weighted by Crippen LogP contribution is -1.89. The van der Waals surface area contributed by atoms with Crippen LogP contribution < -0.4 is 0 Å². The van der Waals surface area contributed by atoms with Gasteiger partial charge in [-0.1, -0.05) is 30.3 Å². The highest BCUT2D eigenvalue weighted by Gasteiger charge is 2.10. The third kappa shape index (κ3) is 1.76. The topological polar surface area (TPSA) is 33.6 Å². The molecule has 0 radical (unpaired) electrons. The van der Waals surface area contributed by atoms with Crippen molar-refractivity contribution in [3.05, 3.63) is 54.9 Å². The molecule has 0 amide bonds. The van der Waals surface area contributed by atoms with E-state index in [0.717, 1.165) is 11.4 Å². The molecule has 2 heterocycles. The number of hydrogen-bond acceptors (Lipinski definition) is 1. The van der Waals surface area contributed by atoms with E-state index in [1.165, 1.54) is 11.1 Å². The van der Waals surface area contributed by atoms with Gasteiger partial charge in [-0.3, -0.25) is 4.68 Å².